The van der Waals surface area contributed by atoms with Gasteiger partial charge in [-0.25, -0.2) is 0 Å². The molecule has 0 saturated carbocycles. The molecule has 0 aliphatic carbocycles. The van der Waals surface area contributed by atoms with Gasteiger partial charge in [-0.2, -0.15) is 0 Å². The van der Waals surface area contributed by atoms with Gasteiger partial charge in [0.1, 0.15) is 12.2 Å². The number of carbonyl (C=O) groups excluding carboxylic acids is 3. The average molecular weight is 415 g/mol. The summed E-state index contributed by atoms with van der Waals surface area (Å²) in [5.74, 6) is -0.936. The summed E-state index contributed by atoms with van der Waals surface area (Å²) in [5, 5.41) is 10.5. The van der Waals surface area contributed by atoms with E-state index in [0.717, 1.165) is 0 Å². The van der Waals surface area contributed by atoms with Crippen molar-refractivity contribution in [3.63, 3.8) is 0 Å². The van der Waals surface area contributed by atoms with Crippen molar-refractivity contribution in [2.75, 3.05) is 29.5 Å². The first-order valence-corrected chi connectivity index (χ1v) is 9.27. The molecule has 10 heteroatoms. The molecule has 2 atom stereocenters. The van der Waals surface area contributed by atoms with Crippen molar-refractivity contribution in [3.8, 4) is 0 Å². The number of hydrogen-bond donors (Lipinski definition) is 2. The molecule has 1 fully saturated rings. The van der Waals surface area contributed by atoms with Gasteiger partial charge in [0.2, 0.25) is 17.7 Å². The Morgan fingerprint density at radius 3 is 2.44 bits per heavy atom. The zero-order valence-electron chi connectivity index (χ0n) is 14.7. The predicted molar refractivity (Wildman–Crippen MR) is 102 cm³/mol. The van der Waals surface area contributed by atoms with Gasteiger partial charge in [-0.05, 0) is 18.6 Å². The molecule has 0 radical (unpaired) electrons. The fraction of sp³-hybridized carbons (Fsp3) is 0.471. The minimum absolute atomic E-state index is 0.157. The molecule has 1 aromatic carbocycles. The van der Waals surface area contributed by atoms with Crippen LogP contribution in [0.15, 0.2) is 12.1 Å². The molecule has 0 aromatic heterocycles. The highest BCUT2D eigenvalue weighted by atomic mass is 35.5. The molecule has 146 valence electrons. The summed E-state index contributed by atoms with van der Waals surface area (Å²) in [6.07, 6.45) is 0.0796. The van der Waals surface area contributed by atoms with Crippen LogP contribution >= 0.6 is 23.2 Å². The number of anilines is 2. The summed E-state index contributed by atoms with van der Waals surface area (Å²) in [4.78, 5) is 41.0. The summed E-state index contributed by atoms with van der Waals surface area (Å²) in [5.41, 5.74) is 6.29. The Morgan fingerprint density at radius 2 is 1.89 bits per heavy atom. The maximum Gasteiger partial charge on any atom is 0.247 e. The first-order chi connectivity index (χ1) is 12.8. The molecule has 1 saturated heterocycles. The van der Waals surface area contributed by atoms with E-state index in [2.05, 4.69) is 0 Å². The second-order valence-corrected chi connectivity index (χ2v) is 7.40. The zero-order chi connectivity index (χ0) is 19.9. The van der Waals surface area contributed by atoms with Crippen LogP contribution in [-0.4, -0.2) is 59.6 Å². The maximum absolute atomic E-state index is 12.9. The highest BCUT2D eigenvalue weighted by molar-refractivity contribution is 6.42. The van der Waals surface area contributed by atoms with E-state index >= 15 is 0 Å². The molecular weight excluding hydrogens is 395 g/mol. The molecule has 1 aromatic rings. The zero-order valence-corrected chi connectivity index (χ0v) is 16.2. The number of amides is 3. The molecule has 3 amide bonds. The highest BCUT2D eigenvalue weighted by Gasteiger charge is 2.49. The van der Waals surface area contributed by atoms with E-state index in [0.29, 0.717) is 34.4 Å². The number of primary amides is 1. The largest absolute Gasteiger partial charge is 0.394 e. The van der Waals surface area contributed by atoms with Crippen LogP contribution in [0.5, 0.6) is 0 Å². The number of hydrogen-bond acceptors (Lipinski definition) is 5. The van der Waals surface area contributed by atoms with E-state index in [1.807, 2.05) is 0 Å². The Morgan fingerprint density at radius 1 is 1.26 bits per heavy atom. The summed E-state index contributed by atoms with van der Waals surface area (Å²) in [6.45, 7) is 1.55. The number of halogens is 2. The van der Waals surface area contributed by atoms with Gasteiger partial charge in [0.25, 0.3) is 0 Å². The third-order valence-corrected chi connectivity index (χ3v) is 5.58. The van der Waals surface area contributed by atoms with Gasteiger partial charge in [-0.15, -0.1) is 0 Å². The van der Waals surface area contributed by atoms with Gasteiger partial charge >= 0.3 is 0 Å². The normalized spacial score (nSPS) is 21.3. The van der Waals surface area contributed by atoms with Crippen LogP contribution in [0.4, 0.5) is 11.4 Å². The summed E-state index contributed by atoms with van der Waals surface area (Å²) >= 11 is 12.3. The lowest BCUT2D eigenvalue weighted by Crippen LogP contribution is -2.66. The van der Waals surface area contributed by atoms with Crippen LogP contribution in [0.1, 0.15) is 19.8 Å². The number of aliphatic hydroxyl groups is 1. The van der Waals surface area contributed by atoms with Crippen LogP contribution in [0.25, 0.3) is 0 Å². The number of fused-ring (bicyclic) bond motifs is 3. The topological polar surface area (TPSA) is 107 Å². The predicted octanol–water partition coefficient (Wildman–Crippen LogP) is 0.961. The Kier molecular flexibility index (Phi) is 5.50. The van der Waals surface area contributed by atoms with Gasteiger partial charge < -0.3 is 20.6 Å². The number of carbonyl (C=O) groups is 3. The van der Waals surface area contributed by atoms with E-state index < -0.39 is 24.7 Å². The van der Waals surface area contributed by atoms with Crippen molar-refractivity contribution < 1.29 is 19.5 Å². The minimum atomic E-state index is -0.863. The summed E-state index contributed by atoms with van der Waals surface area (Å²) in [6, 6.07) is 2.33. The van der Waals surface area contributed by atoms with Crippen molar-refractivity contribution in [2.45, 2.75) is 32.0 Å². The second-order valence-electron chi connectivity index (χ2n) is 6.58. The summed E-state index contributed by atoms with van der Waals surface area (Å²) in [7, 11) is 0. The van der Waals surface area contributed by atoms with Crippen LogP contribution in [0.3, 0.4) is 0 Å². The van der Waals surface area contributed by atoms with Gasteiger partial charge in [0, 0.05) is 19.9 Å². The Hall–Kier alpha value is -2.03. The minimum Gasteiger partial charge on any atom is -0.394 e. The van der Waals surface area contributed by atoms with Crippen LogP contribution in [0.2, 0.25) is 10.0 Å². The first kappa shape index (κ1) is 19.7. The smallest absolute Gasteiger partial charge is 0.247 e. The van der Waals surface area contributed by atoms with Crippen molar-refractivity contribution in [2.24, 2.45) is 5.73 Å². The van der Waals surface area contributed by atoms with Gasteiger partial charge in [-0.1, -0.05) is 23.2 Å². The Labute approximate surface area is 166 Å². The van der Waals surface area contributed by atoms with E-state index in [1.165, 1.54) is 6.92 Å². The fourth-order valence-electron chi connectivity index (χ4n) is 3.72. The molecular formula is C17H20Cl2N4O4. The molecule has 2 aliphatic rings. The van der Waals surface area contributed by atoms with E-state index in [9.17, 15) is 19.5 Å². The van der Waals surface area contributed by atoms with Crippen molar-refractivity contribution in [1.82, 2.24) is 4.90 Å². The number of rotatable bonds is 5. The fourth-order valence-corrected chi connectivity index (χ4v) is 4.04. The molecule has 2 aliphatic heterocycles. The Balaban J connectivity index is 1.98. The number of benzene rings is 1. The number of aliphatic hydroxyl groups excluding tert-OH is 1. The standard InChI is InChI=1S/C17H20Cl2N4O4/c1-9(25)22-12-5-10(18)11(19)6-13(12)23-14(8-24)17(27)21(7-16(22)23)4-2-3-15(20)26/h5-6,14,16,24H,2-4,7-8H2,1H3,(H2,20,26)/t14-,16+/m0/s1. The average Bonchev–Trinajstić information content (AvgIpc) is 2.88. The van der Waals surface area contributed by atoms with Crippen LogP contribution in [-0.2, 0) is 14.4 Å². The van der Waals surface area contributed by atoms with Crippen LogP contribution in [0, 0.1) is 0 Å². The molecule has 8 nitrogen and oxygen atoms in total. The molecule has 0 unspecified atom stereocenters. The molecule has 0 bridgehead atoms. The van der Waals surface area contributed by atoms with Gasteiger partial charge in [0.15, 0.2) is 0 Å². The molecule has 3 rings (SSSR count). The van der Waals surface area contributed by atoms with E-state index in [4.69, 9.17) is 28.9 Å². The molecule has 2 heterocycles. The van der Waals surface area contributed by atoms with Crippen molar-refractivity contribution in [3.05, 3.63) is 22.2 Å². The maximum atomic E-state index is 12.9. The highest BCUT2D eigenvalue weighted by Crippen LogP contribution is 2.46. The number of nitrogens with two attached hydrogens (primary N) is 1. The lowest BCUT2D eigenvalue weighted by Gasteiger charge is -2.45. The van der Waals surface area contributed by atoms with Crippen molar-refractivity contribution in [1.29, 1.82) is 0 Å². The van der Waals surface area contributed by atoms with E-state index in [1.54, 1.807) is 26.8 Å². The third-order valence-electron chi connectivity index (χ3n) is 4.85. The van der Waals surface area contributed by atoms with Gasteiger partial charge in [-0.3, -0.25) is 19.3 Å². The van der Waals surface area contributed by atoms with Crippen molar-refractivity contribution >= 4 is 52.3 Å². The lowest BCUT2D eigenvalue weighted by molar-refractivity contribution is -0.137. The van der Waals surface area contributed by atoms with Gasteiger partial charge in [0.05, 0.1) is 34.6 Å². The quantitative estimate of drug-likeness (QED) is 0.745. The van der Waals surface area contributed by atoms with Crippen LogP contribution < -0.4 is 15.5 Å². The Bertz CT molecular complexity index is 803. The molecule has 0 spiro atoms. The second kappa shape index (κ2) is 7.53. The van der Waals surface area contributed by atoms with E-state index in [-0.39, 0.29) is 24.8 Å². The number of piperazine rings is 1. The first-order valence-electron chi connectivity index (χ1n) is 8.51. The third kappa shape index (κ3) is 3.44. The SMILES string of the molecule is CC(=O)N1c2cc(Cl)c(Cl)cc2N2[C@@H]1CN(CCCC(N)=O)C(=O)[C@@H]2CO. The lowest BCUT2D eigenvalue weighted by atomic mass is 10.1. The summed E-state index contributed by atoms with van der Waals surface area (Å²) < 4.78 is 0. The monoisotopic (exact) mass is 414 g/mol. The number of nitrogens with zero attached hydrogens (tertiary/aromatic N) is 3. The molecule has 27 heavy (non-hydrogen) atoms. The molecule has 3 N–H and O–H groups in total.